The van der Waals surface area contributed by atoms with Gasteiger partial charge in [0, 0.05) is 12.8 Å². The largest absolute Gasteiger partial charge is 0.477 e. The van der Waals surface area contributed by atoms with Gasteiger partial charge in [0.1, 0.15) is 13.2 Å². The number of unbranched alkanes of at least 4 members (excludes halogenated alkanes) is 3. The standard InChI is InChI=1S/C72H107NO8/c1-6-8-10-12-14-16-18-20-22-24-26-28-30-31-32-33-34-35-36-37-38-39-41-43-45-47-49-51-53-55-57-59-61-63-70(75)81-68(67-80-72(71(76)77)78-65-64-73(3,4)5)66-79-69(74)62-60-58-56-54-52-50-48-46-44-42-40-29-27-25-23-21-19-17-15-13-11-9-7-2/h8-11,14-17,20-23,26-29,31-32,34-35,37-38,41-44,47-50,53-56,68,72H,6-7,12-13,18-19,24-25,30,33,36,39-40,45-46,51-52,57-67H2,1-5H3/p+1/b10-8-,11-9-,16-14-,17-15-,22-20-,23-21-,28-26-,29-27-,32-31-,35-34-,38-37-,43-41-,44-42-,49-47-,50-48-,55-53-,56-54-. The van der Waals surface area contributed by atoms with Crippen LogP contribution in [0.25, 0.3) is 0 Å². The quantitative estimate of drug-likeness (QED) is 0.0211. The Morgan fingerprint density at radius 2 is 0.667 bits per heavy atom. The van der Waals surface area contributed by atoms with Crippen LogP contribution in [0, 0.1) is 0 Å². The average Bonchev–Trinajstić information content (AvgIpc) is 3.44. The molecule has 9 nitrogen and oxygen atoms in total. The van der Waals surface area contributed by atoms with E-state index in [0.717, 1.165) is 128 Å². The lowest BCUT2D eigenvalue weighted by atomic mass is 10.2. The molecule has 0 aliphatic heterocycles. The lowest BCUT2D eigenvalue weighted by molar-refractivity contribution is -0.870. The summed E-state index contributed by atoms with van der Waals surface area (Å²) in [7, 11) is 5.91. The van der Waals surface area contributed by atoms with E-state index in [2.05, 4.69) is 220 Å². The van der Waals surface area contributed by atoms with Gasteiger partial charge < -0.3 is 28.5 Å². The summed E-state index contributed by atoms with van der Waals surface area (Å²) in [6, 6.07) is 0. The molecule has 448 valence electrons. The molecule has 0 fully saturated rings. The zero-order chi connectivity index (χ0) is 59.1. The van der Waals surface area contributed by atoms with Gasteiger partial charge in [0.2, 0.25) is 0 Å². The van der Waals surface area contributed by atoms with E-state index in [1.54, 1.807) is 0 Å². The van der Waals surface area contributed by atoms with Crippen LogP contribution in [0.3, 0.4) is 0 Å². The van der Waals surface area contributed by atoms with Gasteiger partial charge in [-0.15, -0.1) is 0 Å². The predicted octanol–water partition coefficient (Wildman–Crippen LogP) is 18.4. The lowest BCUT2D eigenvalue weighted by Crippen LogP contribution is -2.40. The number of aliphatic carboxylic acids is 1. The number of carboxylic acid groups (broad SMARTS) is 1. The van der Waals surface area contributed by atoms with Crippen molar-refractivity contribution in [2.24, 2.45) is 0 Å². The first-order chi connectivity index (χ1) is 39.6. The third-order valence-corrected chi connectivity index (χ3v) is 11.5. The molecule has 0 amide bonds. The minimum absolute atomic E-state index is 0.156. The first kappa shape index (κ1) is 74.9. The fourth-order valence-corrected chi connectivity index (χ4v) is 6.97. The van der Waals surface area contributed by atoms with Crippen molar-refractivity contribution in [3.63, 3.8) is 0 Å². The number of ether oxygens (including phenoxy) is 4. The Kier molecular flexibility index (Phi) is 55.4. The Morgan fingerprint density at radius 1 is 0.370 bits per heavy atom. The van der Waals surface area contributed by atoms with Crippen LogP contribution in [0.1, 0.15) is 168 Å². The summed E-state index contributed by atoms with van der Waals surface area (Å²) in [5.74, 6) is -2.18. The highest BCUT2D eigenvalue weighted by atomic mass is 16.7. The molecule has 0 radical (unpaired) electrons. The minimum Gasteiger partial charge on any atom is -0.477 e. The minimum atomic E-state index is -1.55. The third kappa shape index (κ3) is 61.3. The van der Waals surface area contributed by atoms with E-state index in [-0.39, 0.29) is 32.7 Å². The first-order valence-electron chi connectivity index (χ1n) is 30.2. The molecule has 0 aliphatic carbocycles. The zero-order valence-electron chi connectivity index (χ0n) is 50.8. The van der Waals surface area contributed by atoms with Gasteiger partial charge in [0.05, 0.1) is 34.4 Å². The number of hydrogen-bond donors (Lipinski definition) is 1. The van der Waals surface area contributed by atoms with Crippen LogP contribution >= 0.6 is 0 Å². The number of likely N-dealkylation sites (N-methyl/N-ethyl adjacent to an activating group) is 1. The van der Waals surface area contributed by atoms with Crippen molar-refractivity contribution in [2.75, 3.05) is 47.5 Å². The molecule has 9 heteroatoms. The van der Waals surface area contributed by atoms with Crippen LogP contribution in [0.15, 0.2) is 207 Å². The smallest absolute Gasteiger partial charge is 0.361 e. The highest BCUT2D eigenvalue weighted by molar-refractivity contribution is 5.71. The van der Waals surface area contributed by atoms with E-state index < -0.39 is 30.3 Å². The third-order valence-electron chi connectivity index (χ3n) is 11.5. The van der Waals surface area contributed by atoms with Crippen molar-refractivity contribution in [1.29, 1.82) is 0 Å². The van der Waals surface area contributed by atoms with E-state index in [9.17, 15) is 19.5 Å². The molecule has 2 unspecified atom stereocenters. The summed E-state index contributed by atoms with van der Waals surface area (Å²) < 4.78 is 22.7. The summed E-state index contributed by atoms with van der Waals surface area (Å²) in [4.78, 5) is 37.4. The number of rotatable bonds is 52. The van der Waals surface area contributed by atoms with Crippen LogP contribution in [0.5, 0.6) is 0 Å². The van der Waals surface area contributed by atoms with Gasteiger partial charge in [0.25, 0.3) is 6.29 Å². The van der Waals surface area contributed by atoms with Crippen molar-refractivity contribution in [2.45, 2.75) is 180 Å². The molecule has 0 aromatic heterocycles. The molecule has 81 heavy (non-hydrogen) atoms. The molecule has 0 saturated carbocycles. The second kappa shape index (κ2) is 60.0. The number of esters is 2. The van der Waals surface area contributed by atoms with E-state index >= 15 is 0 Å². The Balaban J connectivity index is 4.47. The second-order valence-corrected chi connectivity index (χ2v) is 20.2. The fourth-order valence-electron chi connectivity index (χ4n) is 6.97. The van der Waals surface area contributed by atoms with Crippen molar-refractivity contribution in [3.8, 4) is 0 Å². The van der Waals surface area contributed by atoms with Crippen molar-refractivity contribution in [1.82, 2.24) is 0 Å². The topological polar surface area (TPSA) is 108 Å². The number of nitrogens with zero attached hydrogens (tertiary/aromatic N) is 1. The zero-order valence-corrected chi connectivity index (χ0v) is 50.8. The molecule has 1 N–H and O–H groups in total. The average molecular weight is 1120 g/mol. The maximum Gasteiger partial charge on any atom is 0.361 e. The van der Waals surface area contributed by atoms with E-state index in [1.165, 1.54) is 0 Å². The lowest BCUT2D eigenvalue weighted by Gasteiger charge is -2.25. The molecule has 0 spiro atoms. The molecular weight excluding hydrogens is 1010 g/mol. The van der Waals surface area contributed by atoms with Crippen molar-refractivity contribution in [3.05, 3.63) is 207 Å². The van der Waals surface area contributed by atoms with E-state index in [0.29, 0.717) is 23.9 Å². The molecule has 0 saturated heterocycles. The molecule has 0 aliphatic rings. The maximum absolute atomic E-state index is 12.9. The molecule has 0 aromatic rings. The normalized spacial score (nSPS) is 14.2. The summed E-state index contributed by atoms with van der Waals surface area (Å²) in [5.41, 5.74) is 0. The Hall–Kier alpha value is -6.13. The van der Waals surface area contributed by atoms with Gasteiger partial charge in [-0.05, 0) is 141 Å². The van der Waals surface area contributed by atoms with Gasteiger partial charge in [-0.1, -0.05) is 220 Å². The van der Waals surface area contributed by atoms with Crippen molar-refractivity contribution >= 4 is 17.9 Å². The molecule has 0 rings (SSSR count). The second-order valence-electron chi connectivity index (χ2n) is 20.2. The van der Waals surface area contributed by atoms with Gasteiger partial charge in [-0.3, -0.25) is 9.59 Å². The summed E-state index contributed by atoms with van der Waals surface area (Å²) >= 11 is 0. The van der Waals surface area contributed by atoms with E-state index in [1.807, 2.05) is 21.1 Å². The predicted molar refractivity (Wildman–Crippen MR) is 345 cm³/mol. The Morgan fingerprint density at radius 3 is 0.975 bits per heavy atom. The van der Waals surface area contributed by atoms with Gasteiger partial charge in [0.15, 0.2) is 6.10 Å². The first-order valence-corrected chi connectivity index (χ1v) is 30.2. The number of hydrogen-bond acceptors (Lipinski definition) is 7. The highest BCUT2D eigenvalue weighted by Crippen LogP contribution is 2.10. The summed E-state index contributed by atoms with van der Waals surface area (Å²) in [5, 5.41) is 9.71. The maximum atomic E-state index is 12.9. The fraction of sp³-hybridized carbons (Fsp3) is 0.486. The van der Waals surface area contributed by atoms with Crippen LogP contribution in [0.4, 0.5) is 0 Å². The number of carbonyl (C=O) groups is 3. The van der Waals surface area contributed by atoms with Crippen LogP contribution < -0.4 is 0 Å². The number of quaternary nitrogens is 1. The number of carboxylic acids is 1. The Labute approximate surface area is 493 Å². The van der Waals surface area contributed by atoms with Gasteiger partial charge in [-0.2, -0.15) is 0 Å². The van der Waals surface area contributed by atoms with Gasteiger partial charge >= 0.3 is 17.9 Å². The highest BCUT2D eigenvalue weighted by Gasteiger charge is 2.25. The van der Waals surface area contributed by atoms with E-state index in [4.69, 9.17) is 18.9 Å². The van der Waals surface area contributed by atoms with Crippen LogP contribution in [-0.4, -0.2) is 87.4 Å². The molecule has 0 bridgehead atoms. The SMILES string of the molecule is CC/C=C\C/C=C\C/C=C\C/C=C\C/C=C\C/C=C\C/C=C\C/C=C\C/C=C\C/C=C\CCCCC(=O)OC(COC(=O)CCC/C=C\C/C=C\C/C=C\C/C=C\C/C=C\C/C=C\C/C=C\CC)COC(OCC[N+](C)(C)C)C(=O)O. The van der Waals surface area contributed by atoms with Crippen LogP contribution in [-0.2, 0) is 33.3 Å². The molecule has 0 aromatic carbocycles. The molecule has 2 atom stereocenters. The summed E-state index contributed by atoms with van der Waals surface area (Å²) in [6.45, 7) is 4.48. The molecular formula is C72H108NO8+. The number of carbonyl (C=O) groups excluding carboxylic acids is 2. The monoisotopic (exact) mass is 1110 g/mol. The van der Waals surface area contributed by atoms with Crippen LogP contribution in [0.2, 0.25) is 0 Å². The van der Waals surface area contributed by atoms with Gasteiger partial charge in [-0.25, -0.2) is 4.79 Å². The summed E-state index contributed by atoms with van der Waals surface area (Å²) in [6.07, 6.45) is 92.1. The number of allylic oxidation sites excluding steroid dienone is 34. The van der Waals surface area contributed by atoms with Crippen molar-refractivity contribution < 1.29 is 42.9 Å². The molecule has 0 heterocycles. The Bertz CT molecular complexity index is 2070.